The SMILES string of the molecule is CCCCCN[C@@H](CC)C(N)=O. The summed E-state index contributed by atoms with van der Waals surface area (Å²) in [7, 11) is 0. The molecule has 3 nitrogen and oxygen atoms in total. The molecule has 0 spiro atoms. The van der Waals surface area contributed by atoms with E-state index in [-0.39, 0.29) is 11.9 Å². The maximum Gasteiger partial charge on any atom is 0.234 e. The molecule has 3 heteroatoms. The molecule has 0 saturated heterocycles. The second kappa shape index (κ2) is 7.10. The van der Waals surface area contributed by atoms with Crippen molar-refractivity contribution in [2.75, 3.05) is 6.54 Å². The summed E-state index contributed by atoms with van der Waals surface area (Å²) in [6, 6.07) is -0.137. The molecule has 0 aliphatic heterocycles. The minimum atomic E-state index is -0.242. The molecule has 0 heterocycles. The molecular formula is C9H20N2O. The van der Waals surface area contributed by atoms with Crippen molar-refractivity contribution < 1.29 is 4.79 Å². The van der Waals surface area contributed by atoms with Crippen molar-refractivity contribution >= 4 is 5.91 Å². The van der Waals surface area contributed by atoms with Crippen LogP contribution in [0, 0.1) is 0 Å². The molecule has 0 bridgehead atoms. The molecule has 0 aromatic carbocycles. The third-order valence-corrected chi connectivity index (χ3v) is 1.92. The predicted octanol–water partition coefficient (Wildman–Crippen LogP) is 1.03. The first-order valence-electron chi connectivity index (χ1n) is 4.75. The molecule has 0 fully saturated rings. The van der Waals surface area contributed by atoms with Gasteiger partial charge < -0.3 is 11.1 Å². The number of carbonyl (C=O) groups excluding carboxylic acids is 1. The zero-order valence-electron chi connectivity index (χ0n) is 8.10. The fraction of sp³-hybridized carbons (Fsp3) is 0.889. The van der Waals surface area contributed by atoms with Crippen LogP contribution in [0.3, 0.4) is 0 Å². The Bertz CT molecular complexity index is 126. The zero-order chi connectivity index (χ0) is 9.40. The van der Waals surface area contributed by atoms with Crippen LogP contribution in [-0.2, 0) is 4.79 Å². The summed E-state index contributed by atoms with van der Waals surface area (Å²) < 4.78 is 0. The van der Waals surface area contributed by atoms with Gasteiger partial charge in [0.25, 0.3) is 0 Å². The van der Waals surface area contributed by atoms with Gasteiger partial charge in [-0.15, -0.1) is 0 Å². The van der Waals surface area contributed by atoms with Crippen LogP contribution in [0.2, 0.25) is 0 Å². The van der Waals surface area contributed by atoms with Crippen molar-refractivity contribution in [2.45, 2.75) is 45.6 Å². The molecular weight excluding hydrogens is 152 g/mol. The molecule has 0 rings (SSSR count). The number of unbranched alkanes of at least 4 members (excludes halogenated alkanes) is 2. The van der Waals surface area contributed by atoms with Gasteiger partial charge in [-0.2, -0.15) is 0 Å². The fourth-order valence-electron chi connectivity index (χ4n) is 1.10. The lowest BCUT2D eigenvalue weighted by atomic mass is 10.2. The topological polar surface area (TPSA) is 55.1 Å². The maximum absolute atomic E-state index is 10.8. The van der Waals surface area contributed by atoms with Gasteiger partial charge in [-0.3, -0.25) is 4.79 Å². The van der Waals surface area contributed by atoms with E-state index in [9.17, 15) is 4.79 Å². The van der Waals surface area contributed by atoms with Crippen LogP contribution in [0.1, 0.15) is 39.5 Å². The first-order chi connectivity index (χ1) is 5.72. The number of primary amides is 1. The van der Waals surface area contributed by atoms with Crippen molar-refractivity contribution in [1.82, 2.24) is 5.32 Å². The molecule has 0 aromatic heterocycles. The third-order valence-electron chi connectivity index (χ3n) is 1.92. The summed E-state index contributed by atoms with van der Waals surface area (Å²) in [5.41, 5.74) is 5.16. The lowest BCUT2D eigenvalue weighted by Crippen LogP contribution is -2.41. The smallest absolute Gasteiger partial charge is 0.234 e. The van der Waals surface area contributed by atoms with Crippen LogP contribution >= 0.6 is 0 Å². The van der Waals surface area contributed by atoms with Crippen LogP contribution in [0.5, 0.6) is 0 Å². The highest BCUT2D eigenvalue weighted by Gasteiger charge is 2.09. The molecule has 12 heavy (non-hydrogen) atoms. The normalized spacial score (nSPS) is 12.8. The minimum Gasteiger partial charge on any atom is -0.368 e. The second-order valence-corrected chi connectivity index (χ2v) is 3.02. The number of amides is 1. The average molecular weight is 172 g/mol. The second-order valence-electron chi connectivity index (χ2n) is 3.02. The maximum atomic E-state index is 10.8. The molecule has 1 amide bonds. The van der Waals surface area contributed by atoms with Gasteiger partial charge in [0.2, 0.25) is 5.91 Å². The van der Waals surface area contributed by atoms with Gasteiger partial charge in [-0.1, -0.05) is 26.7 Å². The molecule has 0 aliphatic rings. The van der Waals surface area contributed by atoms with Crippen molar-refractivity contribution in [3.63, 3.8) is 0 Å². The van der Waals surface area contributed by atoms with E-state index < -0.39 is 0 Å². The van der Waals surface area contributed by atoms with Gasteiger partial charge in [0.1, 0.15) is 0 Å². The molecule has 72 valence electrons. The Morgan fingerprint density at radius 3 is 2.50 bits per heavy atom. The number of nitrogens with two attached hydrogens (primary N) is 1. The van der Waals surface area contributed by atoms with Gasteiger partial charge in [-0.05, 0) is 19.4 Å². The first kappa shape index (κ1) is 11.4. The van der Waals surface area contributed by atoms with Gasteiger partial charge >= 0.3 is 0 Å². The van der Waals surface area contributed by atoms with Crippen LogP contribution in [-0.4, -0.2) is 18.5 Å². The summed E-state index contributed by atoms with van der Waals surface area (Å²) in [5, 5.41) is 3.13. The zero-order valence-corrected chi connectivity index (χ0v) is 8.10. The Labute approximate surface area is 74.7 Å². The molecule has 0 aliphatic carbocycles. The van der Waals surface area contributed by atoms with Crippen molar-refractivity contribution in [2.24, 2.45) is 5.73 Å². The Hall–Kier alpha value is -0.570. The molecule has 0 saturated carbocycles. The van der Waals surface area contributed by atoms with E-state index in [1.165, 1.54) is 12.8 Å². The Kier molecular flexibility index (Phi) is 6.76. The van der Waals surface area contributed by atoms with E-state index in [1.807, 2.05) is 6.92 Å². The summed E-state index contributed by atoms with van der Waals surface area (Å²) in [6.45, 7) is 5.02. The Balaban J connectivity index is 3.38. The van der Waals surface area contributed by atoms with Crippen LogP contribution in [0.25, 0.3) is 0 Å². The minimum absolute atomic E-state index is 0.137. The lowest BCUT2D eigenvalue weighted by molar-refractivity contribution is -0.120. The number of hydrogen-bond donors (Lipinski definition) is 2. The van der Waals surface area contributed by atoms with E-state index in [4.69, 9.17) is 5.73 Å². The number of nitrogens with one attached hydrogen (secondary N) is 1. The highest BCUT2D eigenvalue weighted by atomic mass is 16.1. The van der Waals surface area contributed by atoms with E-state index in [0.29, 0.717) is 0 Å². The largest absolute Gasteiger partial charge is 0.368 e. The van der Waals surface area contributed by atoms with E-state index in [1.54, 1.807) is 0 Å². The number of hydrogen-bond acceptors (Lipinski definition) is 2. The highest BCUT2D eigenvalue weighted by Crippen LogP contribution is 1.94. The molecule has 0 unspecified atom stereocenters. The number of rotatable bonds is 7. The summed E-state index contributed by atoms with van der Waals surface area (Å²) in [5.74, 6) is -0.242. The van der Waals surface area contributed by atoms with Gasteiger partial charge in [0.15, 0.2) is 0 Å². The van der Waals surface area contributed by atoms with E-state index >= 15 is 0 Å². The lowest BCUT2D eigenvalue weighted by Gasteiger charge is -2.12. The summed E-state index contributed by atoms with van der Waals surface area (Å²) >= 11 is 0. The van der Waals surface area contributed by atoms with Crippen LogP contribution < -0.4 is 11.1 Å². The Morgan fingerprint density at radius 2 is 2.08 bits per heavy atom. The quantitative estimate of drug-likeness (QED) is 0.563. The van der Waals surface area contributed by atoms with Crippen LogP contribution in [0.4, 0.5) is 0 Å². The van der Waals surface area contributed by atoms with Crippen molar-refractivity contribution in [3.05, 3.63) is 0 Å². The molecule has 0 aromatic rings. The van der Waals surface area contributed by atoms with E-state index in [2.05, 4.69) is 12.2 Å². The molecule has 3 N–H and O–H groups in total. The third kappa shape index (κ3) is 5.13. The van der Waals surface area contributed by atoms with Gasteiger partial charge in [-0.25, -0.2) is 0 Å². The van der Waals surface area contributed by atoms with Crippen molar-refractivity contribution in [1.29, 1.82) is 0 Å². The molecule has 1 atom stereocenters. The summed E-state index contributed by atoms with van der Waals surface area (Å²) in [4.78, 5) is 10.8. The number of carbonyl (C=O) groups is 1. The monoisotopic (exact) mass is 172 g/mol. The summed E-state index contributed by atoms with van der Waals surface area (Å²) in [6.07, 6.45) is 4.32. The van der Waals surface area contributed by atoms with Gasteiger partial charge in [0, 0.05) is 0 Å². The first-order valence-corrected chi connectivity index (χ1v) is 4.75. The highest BCUT2D eigenvalue weighted by molar-refractivity contribution is 5.79. The standard InChI is InChI=1S/C9H20N2O/c1-3-5-6-7-11-8(4-2)9(10)12/h8,11H,3-7H2,1-2H3,(H2,10,12)/t8-/m0/s1. The average Bonchev–Trinajstić information content (AvgIpc) is 2.04. The van der Waals surface area contributed by atoms with Crippen LogP contribution in [0.15, 0.2) is 0 Å². The Morgan fingerprint density at radius 1 is 1.42 bits per heavy atom. The van der Waals surface area contributed by atoms with E-state index in [0.717, 1.165) is 19.4 Å². The fourth-order valence-corrected chi connectivity index (χ4v) is 1.10. The van der Waals surface area contributed by atoms with Gasteiger partial charge in [0.05, 0.1) is 6.04 Å². The predicted molar refractivity (Wildman–Crippen MR) is 50.8 cm³/mol. The molecule has 0 radical (unpaired) electrons. The van der Waals surface area contributed by atoms with Crippen molar-refractivity contribution in [3.8, 4) is 0 Å².